The highest BCUT2D eigenvalue weighted by atomic mass is 35.5. The molecule has 0 aliphatic carbocycles. The first-order valence-corrected chi connectivity index (χ1v) is 8.07. The van der Waals surface area contributed by atoms with Gasteiger partial charge in [0.25, 0.3) is 0 Å². The quantitative estimate of drug-likeness (QED) is 0.858. The third-order valence-electron chi connectivity index (χ3n) is 3.41. The van der Waals surface area contributed by atoms with Crippen LogP contribution in [-0.4, -0.2) is 41.3 Å². The number of hydrogen-bond donors (Lipinski definition) is 1. The molecule has 20 heavy (non-hydrogen) atoms. The lowest BCUT2D eigenvalue weighted by Gasteiger charge is -2.34. The molecule has 0 aromatic carbocycles. The Morgan fingerprint density at radius 2 is 2.35 bits per heavy atom. The SMILES string of the molecule is CNC(=O)C1CCCCN1C(=O)Cc1nc(CCl)cs1. The van der Waals surface area contributed by atoms with E-state index in [0.29, 0.717) is 12.4 Å². The van der Waals surface area contributed by atoms with Gasteiger partial charge in [0.2, 0.25) is 11.8 Å². The summed E-state index contributed by atoms with van der Waals surface area (Å²) in [5, 5.41) is 5.25. The smallest absolute Gasteiger partial charge is 0.242 e. The molecule has 0 radical (unpaired) electrons. The maximum absolute atomic E-state index is 12.4. The lowest BCUT2D eigenvalue weighted by atomic mass is 10.0. The van der Waals surface area contributed by atoms with Crippen LogP contribution in [0.2, 0.25) is 0 Å². The molecule has 1 atom stereocenters. The van der Waals surface area contributed by atoms with Gasteiger partial charge in [0.05, 0.1) is 18.0 Å². The summed E-state index contributed by atoms with van der Waals surface area (Å²) in [7, 11) is 1.60. The Balaban J connectivity index is 2.03. The van der Waals surface area contributed by atoms with Gasteiger partial charge in [0, 0.05) is 19.0 Å². The molecule has 1 aromatic heterocycles. The van der Waals surface area contributed by atoms with E-state index in [1.165, 1.54) is 11.3 Å². The molecule has 110 valence electrons. The average Bonchev–Trinajstić information content (AvgIpc) is 2.94. The molecule has 0 saturated carbocycles. The van der Waals surface area contributed by atoms with Crippen LogP contribution in [0, 0.1) is 0 Å². The highest BCUT2D eigenvalue weighted by molar-refractivity contribution is 7.09. The van der Waals surface area contributed by atoms with Crippen LogP contribution < -0.4 is 5.32 Å². The van der Waals surface area contributed by atoms with Gasteiger partial charge in [-0.25, -0.2) is 4.98 Å². The van der Waals surface area contributed by atoms with Crippen LogP contribution in [0.15, 0.2) is 5.38 Å². The predicted octanol–water partition coefficient (Wildman–Crippen LogP) is 1.55. The molecular weight excluding hydrogens is 298 g/mol. The highest BCUT2D eigenvalue weighted by Gasteiger charge is 2.31. The molecule has 2 heterocycles. The predicted molar refractivity (Wildman–Crippen MR) is 78.8 cm³/mol. The summed E-state index contributed by atoms with van der Waals surface area (Å²) in [6, 6.07) is -0.339. The number of rotatable bonds is 4. The van der Waals surface area contributed by atoms with E-state index >= 15 is 0 Å². The molecular formula is C13H18ClN3O2S. The summed E-state index contributed by atoms with van der Waals surface area (Å²) in [6.07, 6.45) is 2.91. The van der Waals surface area contributed by atoms with Crippen molar-refractivity contribution in [2.75, 3.05) is 13.6 Å². The van der Waals surface area contributed by atoms with E-state index in [4.69, 9.17) is 11.6 Å². The van der Waals surface area contributed by atoms with Crippen molar-refractivity contribution in [2.45, 2.75) is 37.6 Å². The summed E-state index contributed by atoms with van der Waals surface area (Å²) in [4.78, 5) is 30.2. The number of piperidine rings is 1. The van der Waals surface area contributed by atoms with Gasteiger partial charge in [-0.1, -0.05) is 0 Å². The lowest BCUT2D eigenvalue weighted by Crippen LogP contribution is -2.51. The fourth-order valence-electron chi connectivity index (χ4n) is 2.39. The van der Waals surface area contributed by atoms with E-state index in [2.05, 4.69) is 10.3 Å². The standard InChI is InChI=1S/C13H18ClN3O2S/c1-15-13(19)10-4-2-3-5-17(10)12(18)6-11-16-9(7-14)8-20-11/h8,10H,2-7H2,1H3,(H,15,19). The van der Waals surface area contributed by atoms with Gasteiger partial charge in [0.15, 0.2) is 0 Å². The second-order valence-electron chi connectivity index (χ2n) is 4.76. The number of nitrogens with zero attached hydrogens (tertiary/aromatic N) is 2. The molecule has 5 nitrogen and oxygen atoms in total. The fraction of sp³-hybridized carbons (Fsp3) is 0.615. The van der Waals surface area contributed by atoms with Crippen molar-refractivity contribution in [1.29, 1.82) is 0 Å². The number of nitrogens with one attached hydrogen (secondary N) is 1. The van der Waals surface area contributed by atoms with Crippen molar-refractivity contribution < 1.29 is 9.59 Å². The van der Waals surface area contributed by atoms with Gasteiger partial charge in [-0.15, -0.1) is 22.9 Å². The number of carbonyl (C=O) groups is 2. The molecule has 7 heteroatoms. The molecule has 1 unspecified atom stereocenters. The number of hydrogen-bond acceptors (Lipinski definition) is 4. The number of thiazole rings is 1. The Bertz CT molecular complexity index is 492. The van der Waals surface area contributed by atoms with E-state index in [1.807, 2.05) is 5.38 Å². The average molecular weight is 316 g/mol. The van der Waals surface area contributed by atoms with E-state index in [-0.39, 0.29) is 24.3 Å². The van der Waals surface area contributed by atoms with Crippen LogP contribution >= 0.6 is 22.9 Å². The minimum absolute atomic E-state index is 0.0335. The molecule has 1 aliphatic heterocycles. The number of likely N-dealkylation sites (tertiary alicyclic amines) is 1. The molecule has 0 bridgehead atoms. The maximum atomic E-state index is 12.4. The normalized spacial score (nSPS) is 18.9. The fourth-order valence-corrected chi connectivity index (χ4v) is 3.40. The highest BCUT2D eigenvalue weighted by Crippen LogP contribution is 2.20. The summed E-state index contributed by atoms with van der Waals surface area (Å²) in [6.45, 7) is 0.644. The number of halogens is 1. The third-order valence-corrected chi connectivity index (χ3v) is 4.58. The Hall–Kier alpha value is -1.14. The van der Waals surface area contributed by atoms with Crippen LogP contribution in [0.1, 0.15) is 30.0 Å². The van der Waals surface area contributed by atoms with Gasteiger partial charge in [0.1, 0.15) is 11.0 Å². The van der Waals surface area contributed by atoms with Crippen LogP contribution in [0.3, 0.4) is 0 Å². The zero-order valence-electron chi connectivity index (χ0n) is 11.4. The van der Waals surface area contributed by atoms with Crippen LogP contribution in [0.4, 0.5) is 0 Å². The maximum Gasteiger partial charge on any atom is 0.242 e. The van der Waals surface area contributed by atoms with Crippen molar-refractivity contribution in [2.24, 2.45) is 0 Å². The zero-order valence-corrected chi connectivity index (χ0v) is 13.0. The first-order valence-electron chi connectivity index (χ1n) is 6.66. The van der Waals surface area contributed by atoms with Crippen molar-refractivity contribution in [3.63, 3.8) is 0 Å². The number of carbonyl (C=O) groups excluding carboxylic acids is 2. The molecule has 2 amide bonds. The van der Waals surface area contributed by atoms with Crippen molar-refractivity contribution >= 4 is 34.8 Å². The molecule has 1 saturated heterocycles. The minimum Gasteiger partial charge on any atom is -0.357 e. The summed E-state index contributed by atoms with van der Waals surface area (Å²) in [5.41, 5.74) is 0.793. The van der Waals surface area contributed by atoms with E-state index in [0.717, 1.165) is 30.0 Å². The monoisotopic (exact) mass is 315 g/mol. The molecule has 1 aliphatic rings. The van der Waals surface area contributed by atoms with Gasteiger partial charge in [-0.3, -0.25) is 9.59 Å². The number of alkyl halides is 1. The summed E-state index contributed by atoms with van der Waals surface area (Å²) < 4.78 is 0. The summed E-state index contributed by atoms with van der Waals surface area (Å²) in [5.74, 6) is 0.238. The molecule has 0 spiro atoms. The van der Waals surface area contributed by atoms with E-state index < -0.39 is 0 Å². The number of likely N-dealkylation sites (N-methyl/N-ethyl adjacent to an activating group) is 1. The number of aromatic nitrogens is 1. The van der Waals surface area contributed by atoms with Crippen LogP contribution in [0.5, 0.6) is 0 Å². The van der Waals surface area contributed by atoms with Crippen LogP contribution in [-0.2, 0) is 21.9 Å². The van der Waals surface area contributed by atoms with Gasteiger partial charge < -0.3 is 10.2 Å². The van der Waals surface area contributed by atoms with Gasteiger partial charge in [-0.2, -0.15) is 0 Å². The molecule has 1 aromatic rings. The van der Waals surface area contributed by atoms with Crippen LogP contribution in [0.25, 0.3) is 0 Å². The Morgan fingerprint density at radius 1 is 1.55 bits per heavy atom. The largest absolute Gasteiger partial charge is 0.357 e. The van der Waals surface area contributed by atoms with Crippen molar-refractivity contribution in [3.8, 4) is 0 Å². The van der Waals surface area contributed by atoms with Crippen molar-refractivity contribution in [1.82, 2.24) is 15.2 Å². The third kappa shape index (κ3) is 3.49. The lowest BCUT2D eigenvalue weighted by molar-refractivity contribution is -0.141. The Labute approximate surface area is 127 Å². The van der Waals surface area contributed by atoms with Gasteiger partial charge >= 0.3 is 0 Å². The molecule has 1 fully saturated rings. The molecule has 1 N–H and O–H groups in total. The Morgan fingerprint density at radius 3 is 3.00 bits per heavy atom. The molecule has 2 rings (SSSR count). The zero-order chi connectivity index (χ0) is 14.5. The first-order chi connectivity index (χ1) is 9.65. The van der Waals surface area contributed by atoms with E-state index in [1.54, 1.807) is 11.9 Å². The minimum atomic E-state index is -0.339. The second kappa shape index (κ2) is 7.04. The topological polar surface area (TPSA) is 62.3 Å². The first kappa shape index (κ1) is 15.3. The summed E-state index contributed by atoms with van der Waals surface area (Å²) >= 11 is 7.14. The Kier molecular flexibility index (Phi) is 5.37. The van der Waals surface area contributed by atoms with E-state index in [9.17, 15) is 9.59 Å². The van der Waals surface area contributed by atoms with Gasteiger partial charge in [-0.05, 0) is 19.3 Å². The number of amides is 2. The van der Waals surface area contributed by atoms with Crippen molar-refractivity contribution in [3.05, 3.63) is 16.1 Å². The second-order valence-corrected chi connectivity index (χ2v) is 5.97.